The molecule has 0 aliphatic carbocycles. The van der Waals surface area contributed by atoms with Crippen molar-refractivity contribution in [3.05, 3.63) is 41.7 Å². The van der Waals surface area contributed by atoms with Crippen molar-refractivity contribution in [3.63, 3.8) is 0 Å². The standard InChI is InChI=1S/C17H23N3O/c1-6-14-19-15(18-5)11-16(20-14)21-13-9-7-8-12(10-13)17(2,3)4/h7-11H,6H2,1-5H3,(H,18,19,20). The highest BCUT2D eigenvalue weighted by Crippen LogP contribution is 2.28. The van der Waals surface area contributed by atoms with E-state index in [-0.39, 0.29) is 5.41 Å². The average molecular weight is 285 g/mol. The molecule has 0 unspecified atom stereocenters. The van der Waals surface area contributed by atoms with E-state index in [1.165, 1.54) is 5.56 Å². The maximum Gasteiger partial charge on any atom is 0.224 e. The predicted molar refractivity (Wildman–Crippen MR) is 86.2 cm³/mol. The molecule has 1 N–H and O–H groups in total. The molecule has 0 radical (unpaired) electrons. The van der Waals surface area contributed by atoms with Crippen LogP contribution in [0.3, 0.4) is 0 Å². The van der Waals surface area contributed by atoms with Crippen molar-refractivity contribution in [1.82, 2.24) is 9.97 Å². The van der Waals surface area contributed by atoms with Gasteiger partial charge < -0.3 is 10.1 Å². The van der Waals surface area contributed by atoms with Gasteiger partial charge in [0, 0.05) is 19.5 Å². The summed E-state index contributed by atoms with van der Waals surface area (Å²) in [6.07, 6.45) is 0.772. The molecule has 2 aromatic rings. The maximum absolute atomic E-state index is 5.91. The van der Waals surface area contributed by atoms with Crippen molar-refractivity contribution >= 4 is 5.82 Å². The van der Waals surface area contributed by atoms with Crippen molar-refractivity contribution in [1.29, 1.82) is 0 Å². The van der Waals surface area contributed by atoms with E-state index in [2.05, 4.69) is 48.2 Å². The van der Waals surface area contributed by atoms with E-state index in [1.54, 1.807) is 0 Å². The molecule has 4 heteroatoms. The molecule has 112 valence electrons. The minimum absolute atomic E-state index is 0.0930. The van der Waals surface area contributed by atoms with Crippen LogP contribution in [-0.4, -0.2) is 17.0 Å². The highest BCUT2D eigenvalue weighted by atomic mass is 16.5. The zero-order valence-electron chi connectivity index (χ0n) is 13.4. The molecule has 0 amide bonds. The minimum atomic E-state index is 0.0930. The van der Waals surface area contributed by atoms with Crippen LogP contribution < -0.4 is 10.1 Å². The Kier molecular flexibility index (Phi) is 4.46. The Bertz CT molecular complexity index is 595. The summed E-state index contributed by atoms with van der Waals surface area (Å²) in [5, 5.41) is 3.03. The first-order chi connectivity index (χ1) is 9.92. The van der Waals surface area contributed by atoms with Crippen LogP contribution in [0.2, 0.25) is 0 Å². The fourth-order valence-corrected chi connectivity index (χ4v) is 1.96. The van der Waals surface area contributed by atoms with E-state index in [9.17, 15) is 0 Å². The average Bonchev–Trinajstić information content (AvgIpc) is 2.46. The van der Waals surface area contributed by atoms with Gasteiger partial charge in [0.15, 0.2) is 0 Å². The lowest BCUT2D eigenvalue weighted by Gasteiger charge is -2.19. The van der Waals surface area contributed by atoms with E-state index in [1.807, 2.05) is 32.2 Å². The van der Waals surface area contributed by atoms with Crippen LogP contribution in [0.25, 0.3) is 0 Å². The van der Waals surface area contributed by atoms with Gasteiger partial charge in [-0.3, -0.25) is 0 Å². The maximum atomic E-state index is 5.91. The van der Waals surface area contributed by atoms with Gasteiger partial charge in [0.1, 0.15) is 17.4 Å². The second-order valence-corrected chi connectivity index (χ2v) is 5.99. The number of aromatic nitrogens is 2. The van der Waals surface area contributed by atoms with Crippen LogP contribution >= 0.6 is 0 Å². The Morgan fingerprint density at radius 3 is 2.52 bits per heavy atom. The van der Waals surface area contributed by atoms with Gasteiger partial charge in [0.25, 0.3) is 0 Å². The topological polar surface area (TPSA) is 47.0 Å². The predicted octanol–water partition coefficient (Wildman–Crippen LogP) is 4.17. The Morgan fingerprint density at radius 1 is 1.14 bits per heavy atom. The number of hydrogen-bond acceptors (Lipinski definition) is 4. The molecular weight excluding hydrogens is 262 g/mol. The number of nitrogens with one attached hydrogen (secondary N) is 1. The number of benzene rings is 1. The second-order valence-electron chi connectivity index (χ2n) is 5.99. The lowest BCUT2D eigenvalue weighted by Crippen LogP contribution is -2.10. The SMILES string of the molecule is CCc1nc(NC)cc(Oc2cccc(C(C)(C)C)c2)n1. The number of anilines is 1. The molecule has 0 bridgehead atoms. The van der Waals surface area contributed by atoms with Gasteiger partial charge in [-0.2, -0.15) is 4.98 Å². The fourth-order valence-electron chi connectivity index (χ4n) is 1.96. The van der Waals surface area contributed by atoms with Gasteiger partial charge in [-0.1, -0.05) is 39.8 Å². The number of nitrogens with zero attached hydrogens (tertiary/aromatic N) is 2. The minimum Gasteiger partial charge on any atom is -0.439 e. The summed E-state index contributed by atoms with van der Waals surface area (Å²) in [5.41, 5.74) is 1.33. The molecule has 0 saturated carbocycles. The van der Waals surface area contributed by atoms with Crippen molar-refractivity contribution in [2.75, 3.05) is 12.4 Å². The van der Waals surface area contributed by atoms with E-state index in [4.69, 9.17) is 4.74 Å². The van der Waals surface area contributed by atoms with E-state index >= 15 is 0 Å². The molecule has 0 saturated heterocycles. The third kappa shape index (κ3) is 3.94. The molecule has 21 heavy (non-hydrogen) atoms. The van der Waals surface area contributed by atoms with Crippen molar-refractivity contribution in [2.45, 2.75) is 39.5 Å². The number of hydrogen-bond donors (Lipinski definition) is 1. The Balaban J connectivity index is 2.30. The molecule has 0 spiro atoms. The molecule has 0 atom stereocenters. The summed E-state index contributed by atoms with van der Waals surface area (Å²) >= 11 is 0. The van der Waals surface area contributed by atoms with Crippen LogP contribution in [0.15, 0.2) is 30.3 Å². The Hall–Kier alpha value is -2.10. The normalized spacial score (nSPS) is 11.3. The number of rotatable bonds is 4. The molecule has 1 heterocycles. The smallest absolute Gasteiger partial charge is 0.224 e. The van der Waals surface area contributed by atoms with Gasteiger partial charge >= 0.3 is 0 Å². The van der Waals surface area contributed by atoms with E-state index in [0.717, 1.165) is 23.8 Å². The van der Waals surface area contributed by atoms with E-state index in [0.29, 0.717) is 5.88 Å². The molecule has 4 nitrogen and oxygen atoms in total. The zero-order valence-corrected chi connectivity index (χ0v) is 13.4. The van der Waals surface area contributed by atoms with Crippen LogP contribution in [-0.2, 0) is 11.8 Å². The summed E-state index contributed by atoms with van der Waals surface area (Å²) in [6, 6.07) is 9.94. The number of aryl methyl sites for hydroxylation is 1. The number of ether oxygens (including phenoxy) is 1. The largest absolute Gasteiger partial charge is 0.439 e. The Morgan fingerprint density at radius 2 is 1.90 bits per heavy atom. The lowest BCUT2D eigenvalue weighted by atomic mass is 9.87. The highest BCUT2D eigenvalue weighted by molar-refractivity contribution is 5.40. The lowest BCUT2D eigenvalue weighted by molar-refractivity contribution is 0.456. The molecule has 1 aromatic carbocycles. The fraction of sp³-hybridized carbons (Fsp3) is 0.412. The van der Waals surface area contributed by atoms with Crippen LogP contribution in [0.5, 0.6) is 11.6 Å². The zero-order chi connectivity index (χ0) is 15.5. The van der Waals surface area contributed by atoms with Crippen molar-refractivity contribution in [2.24, 2.45) is 0 Å². The van der Waals surface area contributed by atoms with Gasteiger partial charge in [-0.25, -0.2) is 4.98 Å². The molecular formula is C17H23N3O. The van der Waals surface area contributed by atoms with Gasteiger partial charge in [-0.05, 0) is 23.1 Å². The first-order valence-electron chi connectivity index (χ1n) is 7.26. The summed E-state index contributed by atoms with van der Waals surface area (Å²) in [5.74, 6) is 2.90. The summed E-state index contributed by atoms with van der Waals surface area (Å²) in [6.45, 7) is 8.58. The molecule has 1 aromatic heterocycles. The summed E-state index contributed by atoms with van der Waals surface area (Å²) < 4.78 is 5.91. The molecule has 0 fully saturated rings. The highest BCUT2D eigenvalue weighted by Gasteiger charge is 2.14. The molecule has 0 aliphatic rings. The molecule has 2 rings (SSSR count). The van der Waals surface area contributed by atoms with Crippen LogP contribution in [0, 0.1) is 0 Å². The van der Waals surface area contributed by atoms with Gasteiger partial charge in [0.05, 0.1) is 0 Å². The van der Waals surface area contributed by atoms with Gasteiger partial charge in [-0.15, -0.1) is 0 Å². The second kappa shape index (κ2) is 6.12. The summed E-state index contributed by atoms with van der Waals surface area (Å²) in [7, 11) is 1.84. The van der Waals surface area contributed by atoms with Crippen LogP contribution in [0.4, 0.5) is 5.82 Å². The van der Waals surface area contributed by atoms with Gasteiger partial charge in [0.2, 0.25) is 5.88 Å². The first kappa shape index (κ1) is 15.3. The quantitative estimate of drug-likeness (QED) is 0.915. The summed E-state index contributed by atoms with van der Waals surface area (Å²) in [4.78, 5) is 8.78. The Labute approximate surface area is 126 Å². The third-order valence-electron chi connectivity index (χ3n) is 3.24. The van der Waals surface area contributed by atoms with Crippen molar-refractivity contribution in [3.8, 4) is 11.6 Å². The first-order valence-corrected chi connectivity index (χ1v) is 7.26. The monoisotopic (exact) mass is 285 g/mol. The van der Waals surface area contributed by atoms with Crippen LogP contribution in [0.1, 0.15) is 39.1 Å². The van der Waals surface area contributed by atoms with Crippen molar-refractivity contribution < 1.29 is 4.74 Å². The van der Waals surface area contributed by atoms with E-state index < -0.39 is 0 Å². The molecule has 0 aliphatic heterocycles. The third-order valence-corrected chi connectivity index (χ3v) is 3.24.